The van der Waals surface area contributed by atoms with Crippen molar-refractivity contribution in [2.45, 2.75) is 0 Å². The van der Waals surface area contributed by atoms with Gasteiger partial charge in [0.2, 0.25) is 0 Å². The summed E-state index contributed by atoms with van der Waals surface area (Å²) in [6.07, 6.45) is 1.82. The average molecular weight is 269 g/mol. The number of thiophene rings is 1. The maximum absolute atomic E-state index is 11.9. The van der Waals surface area contributed by atoms with Crippen LogP contribution >= 0.6 is 11.3 Å². The van der Waals surface area contributed by atoms with Crippen LogP contribution in [0.3, 0.4) is 0 Å². The molecule has 4 nitrogen and oxygen atoms in total. The summed E-state index contributed by atoms with van der Waals surface area (Å²) in [6.45, 7) is 0. The van der Waals surface area contributed by atoms with Gasteiger partial charge in [-0.05, 0) is 23.6 Å². The minimum Gasteiger partial charge on any atom is -0.304 e. The smallest absolute Gasteiger partial charge is 0.266 e. The predicted molar refractivity (Wildman–Crippen MR) is 75.8 cm³/mol. The highest BCUT2D eigenvalue weighted by Gasteiger charge is 2.08. The van der Waals surface area contributed by atoms with Gasteiger partial charge in [-0.3, -0.25) is 4.79 Å². The summed E-state index contributed by atoms with van der Waals surface area (Å²) in [6, 6.07) is 15.2. The fourth-order valence-electron chi connectivity index (χ4n) is 1.70. The van der Waals surface area contributed by atoms with Crippen molar-refractivity contribution in [1.82, 2.24) is 9.78 Å². The molecule has 3 rings (SSSR count). The SMILES string of the molecule is O=C(Nc1ccn(-c2ccccc2)n1)c1cccs1. The second-order valence-electron chi connectivity index (χ2n) is 3.91. The molecule has 2 aromatic heterocycles. The summed E-state index contributed by atoms with van der Waals surface area (Å²) >= 11 is 1.41. The van der Waals surface area contributed by atoms with Crippen molar-refractivity contribution in [3.63, 3.8) is 0 Å². The van der Waals surface area contributed by atoms with Gasteiger partial charge in [-0.2, -0.15) is 5.10 Å². The van der Waals surface area contributed by atoms with Gasteiger partial charge in [0.15, 0.2) is 5.82 Å². The van der Waals surface area contributed by atoms with E-state index in [1.165, 1.54) is 11.3 Å². The van der Waals surface area contributed by atoms with Gasteiger partial charge < -0.3 is 5.32 Å². The zero-order valence-electron chi connectivity index (χ0n) is 9.98. The molecule has 0 bridgehead atoms. The van der Waals surface area contributed by atoms with Crippen molar-refractivity contribution >= 4 is 23.1 Å². The summed E-state index contributed by atoms with van der Waals surface area (Å²) in [5.41, 5.74) is 0.958. The Morgan fingerprint density at radius 3 is 2.68 bits per heavy atom. The summed E-state index contributed by atoms with van der Waals surface area (Å²) in [5.74, 6) is 0.413. The maximum Gasteiger partial charge on any atom is 0.266 e. The zero-order chi connectivity index (χ0) is 13.1. The Hall–Kier alpha value is -2.40. The number of benzene rings is 1. The number of carbonyl (C=O) groups excluding carboxylic acids is 1. The summed E-state index contributed by atoms with van der Waals surface area (Å²) in [7, 11) is 0. The highest BCUT2D eigenvalue weighted by atomic mass is 32.1. The van der Waals surface area contributed by atoms with Crippen LogP contribution in [0.1, 0.15) is 9.67 Å². The van der Waals surface area contributed by atoms with E-state index in [1.54, 1.807) is 16.8 Å². The molecule has 0 aliphatic heterocycles. The van der Waals surface area contributed by atoms with E-state index in [0.29, 0.717) is 10.7 Å². The third kappa shape index (κ3) is 2.56. The van der Waals surface area contributed by atoms with Gasteiger partial charge in [0.1, 0.15) is 0 Å². The molecule has 0 saturated carbocycles. The lowest BCUT2D eigenvalue weighted by Gasteiger charge is -2.01. The first-order valence-electron chi connectivity index (χ1n) is 5.79. The molecule has 1 N–H and O–H groups in total. The molecule has 1 aromatic carbocycles. The van der Waals surface area contributed by atoms with Crippen LogP contribution < -0.4 is 5.32 Å². The number of nitrogens with one attached hydrogen (secondary N) is 1. The highest BCUT2D eigenvalue weighted by molar-refractivity contribution is 7.12. The zero-order valence-corrected chi connectivity index (χ0v) is 10.8. The number of nitrogens with zero attached hydrogens (tertiary/aromatic N) is 2. The molecule has 0 saturated heterocycles. The van der Waals surface area contributed by atoms with Crippen LogP contribution in [0.2, 0.25) is 0 Å². The maximum atomic E-state index is 11.9. The summed E-state index contributed by atoms with van der Waals surface area (Å²) in [5, 5.41) is 8.97. The summed E-state index contributed by atoms with van der Waals surface area (Å²) < 4.78 is 1.73. The van der Waals surface area contributed by atoms with Crippen molar-refractivity contribution in [3.05, 3.63) is 65.0 Å². The average Bonchev–Trinajstić information content (AvgIpc) is 3.11. The van der Waals surface area contributed by atoms with Gasteiger partial charge in [0.05, 0.1) is 10.6 Å². The molecule has 0 aliphatic carbocycles. The normalized spacial score (nSPS) is 10.3. The summed E-state index contributed by atoms with van der Waals surface area (Å²) in [4.78, 5) is 12.5. The van der Waals surface area contributed by atoms with Crippen LogP contribution in [-0.4, -0.2) is 15.7 Å². The molecule has 0 radical (unpaired) electrons. The number of amides is 1. The van der Waals surface area contributed by atoms with Gasteiger partial charge in [0.25, 0.3) is 5.91 Å². The van der Waals surface area contributed by atoms with Crippen molar-refractivity contribution in [1.29, 1.82) is 0 Å². The van der Waals surface area contributed by atoms with E-state index in [1.807, 2.05) is 48.0 Å². The Labute approximate surface area is 114 Å². The minimum absolute atomic E-state index is 0.131. The molecule has 19 heavy (non-hydrogen) atoms. The van der Waals surface area contributed by atoms with Gasteiger partial charge in [-0.1, -0.05) is 24.3 Å². The lowest BCUT2D eigenvalue weighted by atomic mass is 10.3. The highest BCUT2D eigenvalue weighted by Crippen LogP contribution is 2.13. The molecule has 1 amide bonds. The largest absolute Gasteiger partial charge is 0.304 e. The molecule has 0 fully saturated rings. The van der Waals surface area contributed by atoms with Gasteiger partial charge >= 0.3 is 0 Å². The predicted octanol–water partition coefficient (Wildman–Crippen LogP) is 3.19. The molecule has 0 spiro atoms. The molecule has 0 unspecified atom stereocenters. The standard InChI is InChI=1S/C14H11N3OS/c18-14(12-7-4-10-19-12)15-13-8-9-17(16-13)11-5-2-1-3-6-11/h1-10H,(H,15,16,18). The first-order chi connectivity index (χ1) is 9.33. The Balaban J connectivity index is 1.77. The Bertz CT molecular complexity index is 674. The Kier molecular flexibility index (Phi) is 3.12. The number of hydrogen-bond acceptors (Lipinski definition) is 3. The lowest BCUT2D eigenvalue weighted by Crippen LogP contribution is -2.10. The van der Waals surface area contributed by atoms with Crippen molar-refractivity contribution in [2.24, 2.45) is 0 Å². The number of carbonyl (C=O) groups is 1. The first-order valence-corrected chi connectivity index (χ1v) is 6.67. The third-order valence-electron chi connectivity index (χ3n) is 2.60. The number of hydrogen-bond donors (Lipinski definition) is 1. The van der Waals surface area contributed by atoms with Crippen LogP contribution in [-0.2, 0) is 0 Å². The second kappa shape index (κ2) is 5.07. The van der Waals surface area contributed by atoms with E-state index in [0.717, 1.165) is 5.69 Å². The van der Waals surface area contributed by atoms with Gasteiger partial charge in [-0.25, -0.2) is 4.68 Å². The molecule has 2 heterocycles. The Morgan fingerprint density at radius 1 is 1.11 bits per heavy atom. The molecule has 0 aliphatic rings. The van der Waals surface area contributed by atoms with E-state index in [2.05, 4.69) is 10.4 Å². The van der Waals surface area contributed by atoms with Crippen molar-refractivity contribution < 1.29 is 4.79 Å². The van der Waals surface area contributed by atoms with Crippen LogP contribution in [0.5, 0.6) is 0 Å². The fourth-order valence-corrected chi connectivity index (χ4v) is 2.32. The topological polar surface area (TPSA) is 46.9 Å². The molecule has 0 atom stereocenters. The molecular formula is C14H11N3OS. The van der Waals surface area contributed by atoms with Crippen molar-refractivity contribution in [2.75, 3.05) is 5.32 Å². The number of rotatable bonds is 3. The number of para-hydroxylation sites is 1. The van der Waals surface area contributed by atoms with E-state index < -0.39 is 0 Å². The Morgan fingerprint density at radius 2 is 1.95 bits per heavy atom. The van der Waals surface area contributed by atoms with E-state index >= 15 is 0 Å². The number of anilines is 1. The van der Waals surface area contributed by atoms with E-state index in [4.69, 9.17) is 0 Å². The van der Waals surface area contributed by atoms with Gasteiger partial charge in [-0.15, -0.1) is 11.3 Å². The quantitative estimate of drug-likeness (QED) is 0.793. The third-order valence-corrected chi connectivity index (χ3v) is 3.47. The lowest BCUT2D eigenvalue weighted by molar-refractivity contribution is 0.103. The second-order valence-corrected chi connectivity index (χ2v) is 4.86. The minimum atomic E-state index is -0.131. The van der Waals surface area contributed by atoms with E-state index in [-0.39, 0.29) is 5.91 Å². The number of aromatic nitrogens is 2. The van der Waals surface area contributed by atoms with Gasteiger partial charge in [0, 0.05) is 12.3 Å². The molecular weight excluding hydrogens is 258 g/mol. The van der Waals surface area contributed by atoms with E-state index in [9.17, 15) is 4.79 Å². The van der Waals surface area contributed by atoms with Crippen LogP contribution in [0.25, 0.3) is 5.69 Å². The molecule has 3 aromatic rings. The monoisotopic (exact) mass is 269 g/mol. The van der Waals surface area contributed by atoms with Crippen LogP contribution in [0.15, 0.2) is 60.1 Å². The first kappa shape index (κ1) is 11.7. The fraction of sp³-hybridized carbons (Fsp3) is 0. The van der Waals surface area contributed by atoms with Crippen LogP contribution in [0.4, 0.5) is 5.82 Å². The molecule has 5 heteroatoms. The van der Waals surface area contributed by atoms with Crippen LogP contribution in [0, 0.1) is 0 Å². The van der Waals surface area contributed by atoms with Crippen molar-refractivity contribution in [3.8, 4) is 5.69 Å². The molecule has 94 valence electrons.